The number of halogens is 2. The number of rotatable bonds is 4. The number of nitro groups is 1. The zero-order valence-corrected chi connectivity index (χ0v) is 12.0. The monoisotopic (exact) mass is 341 g/mol. The summed E-state index contributed by atoms with van der Waals surface area (Å²) >= 11 is 8.97. The highest BCUT2D eigenvalue weighted by molar-refractivity contribution is 9.10. The third kappa shape index (κ3) is 3.68. The van der Waals surface area contributed by atoms with E-state index in [1.54, 1.807) is 36.4 Å². The Hall–Kier alpha value is -1.59. The smallest absolute Gasteiger partial charge is 0.277 e. The van der Waals surface area contributed by atoms with E-state index in [0.717, 1.165) is 0 Å². The van der Waals surface area contributed by atoms with Crippen molar-refractivity contribution in [1.29, 1.82) is 0 Å². The summed E-state index contributed by atoms with van der Waals surface area (Å²) < 4.78 is 6.16. The maximum absolute atomic E-state index is 10.9. The Morgan fingerprint density at radius 3 is 2.53 bits per heavy atom. The van der Waals surface area contributed by atoms with Crippen LogP contribution in [0.3, 0.4) is 0 Å². The molecule has 0 N–H and O–H groups in total. The summed E-state index contributed by atoms with van der Waals surface area (Å²) in [4.78, 5) is 10.5. The summed E-state index contributed by atoms with van der Waals surface area (Å²) in [5.41, 5.74) is 0.548. The van der Waals surface area contributed by atoms with Gasteiger partial charge in [0, 0.05) is 15.6 Å². The van der Waals surface area contributed by atoms with Crippen LogP contribution in [-0.4, -0.2) is 4.92 Å². The topological polar surface area (TPSA) is 52.4 Å². The van der Waals surface area contributed by atoms with Crippen LogP contribution in [0.1, 0.15) is 5.56 Å². The minimum Gasteiger partial charge on any atom is -0.489 e. The average Bonchev–Trinajstić information content (AvgIpc) is 2.39. The van der Waals surface area contributed by atoms with Gasteiger partial charge in [-0.25, -0.2) is 0 Å². The predicted octanol–water partition coefficient (Wildman–Crippen LogP) is 4.59. The lowest BCUT2D eigenvalue weighted by atomic mass is 10.2. The molecule has 0 amide bonds. The molecule has 4 nitrogen and oxygen atoms in total. The maximum Gasteiger partial charge on any atom is 0.277 e. The number of benzene rings is 2. The molecular formula is C13H9BrClNO3. The average molecular weight is 343 g/mol. The van der Waals surface area contributed by atoms with Crippen molar-refractivity contribution in [3.05, 3.63) is 67.6 Å². The zero-order valence-electron chi connectivity index (χ0n) is 9.68. The molecule has 0 aromatic heterocycles. The second-order valence-corrected chi connectivity index (χ2v) is 5.12. The molecule has 0 aliphatic rings. The fraction of sp³-hybridized carbons (Fsp3) is 0.0769. The van der Waals surface area contributed by atoms with Crippen LogP contribution in [0.25, 0.3) is 0 Å². The molecule has 0 atom stereocenters. The summed E-state index contributed by atoms with van der Waals surface area (Å²) in [7, 11) is 0. The number of hydrogen-bond donors (Lipinski definition) is 0. The number of nitro benzene ring substituents is 1. The Morgan fingerprint density at radius 2 is 1.89 bits per heavy atom. The Labute approximate surface area is 123 Å². The highest BCUT2D eigenvalue weighted by atomic mass is 79.9. The minimum atomic E-state index is -0.425. The van der Waals surface area contributed by atoms with Crippen molar-refractivity contribution >= 4 is 33.2 Å². The summed E-state index contributed by atoms with van der Waals surface area (Å²) in [5.74, 6) is 0.613. The van der Waals surface area contributed by atoms with E-state index in [1.807, 2.05) is 0 Å². The third-order valence-electron chi connectivity index (χ3n) is 2.45. The molecule has 6 heteroatoms. The Balaban J connectivity index is 2.15. The highest BCUT2D eigenvalue weighted by Crippen LogP contribution is 2.25. The lowest BCUT2D eigenvalue weighted by Gasteiger charge is -2.07. The van der Waals surface area contributed by atoms with Crippen LogP contribution in [0, 0.1) is 10.1 Å². The van der Waals surface area contributed by atoms with Crippen LogP contribution < -0.4 is 4.74 Å². The fourth-order valence-electron chi connectivity index (χ4n) is 1.52. The summed E-state index contributed by atoms with van der Waals surface area (Å²) in [6, 6.07) is 11.7. The molecule has 0 aliphatic heterocycles. The van der Waals surface area contributed by atoms with Crippen molar-refractivity contribution in [3.63, 3.8) is 0 Å². The summed E-state index contributed by atoms with van der Waals surface area (Å²) in [5, 5.41) is 11.6. The maximum atomic E-state index is 10.9. The van der Waals surface area contributed by atoms with Gasteiger partial charge >= 0.3 is 0 Å². The van der Waals surface area contributed by atoms with E-state index in [-0.39, 0.29) is 12.3 Å². The molecule has 2 rings (SSSR count). The quantitative estimate of drug-likeness (QED) is 0.603. The van der Waals surface area contributed by atoms with Crippen molar-refractivity contribution in [1.82, 2.24) is 0 Å². The van der Waals surface area contributed by atoms with Crippen LogP contribution in [0.2, 0.25) is 5.02 Å². The Morgan fingerprint density at radius 1 is 1.21 bits per heavy atom. The van der Waals surface area contributed by atoms with Crippen LogP contribution >= 0.6 is 27.5 Å². The van der Waals surface area contributed by atoms with Crippen LogP contribution in [-0.2, 0) is 6.61 Å². The normalized spacial score (nSPS) is 10.2. The number of hydrogen-bond acceptors (Lipinski definition) is 3. The van der Waals surface area contributed by atoms with E-state index in [9.17, 15) is 10.1 Å². The van der Waals surface area contributed by atoms with Crippen molar-refractivity contribution in [2.45, 2.75) is 6.61 Å². The molecule has 98 valence electrons. The van der Waals surface area contributed by atoms with Gasteiger partial charge in [-0.05, 0) is 36.4 Å². The second-order valence-electron chi connectivity index (χ2n) is 3.77. The van der Waals surface area contributed by atoms with Crippen molar-refractivity contribution in [2.75, 3.05) is 0 Å². The van der Waals surface area contributed by atoms with Gasteiger partial charge < -0.3 is 4.74 Å². The molecule has 0 saturated heterocycles. The van der Waals surface area contributed by atoms with Gasteiger partial charge in [0.05, 0.1) is 10.5 Å². The second kappa shape index (κ2) is 6.04. The first-order valence-electron chi connectivity index (χ1n) is 5.37. The standard InChI is InChI=1S/C13H9BrClNO3/c14-10-2-1-9(13(7-10)16(17)18)8-19-12-5-3-11(15)4-6-12/h1-7H,8H2. The van der Waals surface area contributed by atoms with Crippen LogP contribution in [0.5, 0.6) is 5.75 Å². The van der Waals surface area contributed by atoms with Gasteiger partial charge in [0.15, 0.2) is 0 Å². The third-order valence-corrected chi connectivity index (χ3v) is 3.20. The molecule has 2 aromatic rings. The molecule has 0 unspecified atom stereocenters. The van der Waals surface area contributed by atoms with Gasteiger partial charge in [-0.15, -0.1) is 0 Å². The fourth-order valence-corrected chi connectivity index (χ4v) is 2.00. The van der Waals surface area contributed by atoms with Gasteiger partial charge in [-0.3, -0.25) is 10.1 Å². The first kappa shape index (κ1) is 13.8. The molecule has 0 fully saturated rings. The first-order chi connectivity index (χ1) is 9.06. The van der Waals surface area contributed by atoms with Gasteiger partial charge in [0.25, 0.3) is 5.69 Å². The molecular weight excluding hydrogens is 334 g/mol. The van der Waals surface area contributed by atoms with Crippen molar-refractivity contribution in [2.24, 2.45) is 0 Å². The van der Waals surface area contributed by atoms with E-state index in [0.29, 0.717) is 20.8 Å². The van der Waals surface area contributed by atoms with E-state index in [2.05, 4.69) is 15.9 Å². The summed E-state index contributed by atoms with van der Waals surface area (Å²) in [6.45, 7) is 0.130. The molecule has 0 saturated carbocycles. The molecule has 0 bridgehead atoms. The Bertz CT molecular complexity index is 601. The van der Waals surface area contributed by atoms with Gasteiger partial charge in [0.1, 0.15) is 12.4 Å². The van der Waals surface area contributed by atoms with E-state index >= 15 is 0 Å². The van der Waals surface area contributed by atoms with E-state index in [1.165, 1.54) is 6.07 Å². The van der Waals surface area contributed by atoms with Crippen LogP contribution in [0.15, 0.2) is 46.9 Å². The molecule has 0 spiro atoms. The van der Waals surface area contributed by atoms with Crippen LogP contribution in [0.4, 0.5) is 5.69 Å². The van der Waals surface area contributed by atoms with E-state index in [4.69, 9.17) is 16.3 Å². The number of nitrogens with zero attached hydrogens (tertiary/aromatic N) is 1. The van der Waals surface area contributed by atoms with Gasteiger partial charge in [0.2, 0.25) is 0 Å². The molecule has 2 aromatic carbocycles. The number of ether oxygens (including phenoxy) is 1. The Kier molecular flexibility index (Phi) is 4.39. The predicted molar refractivity (Wildman–Crippen MR) is 76.6 cm³/mol. The lowest BCUT2D eigenvalue weighted by Crippen LogP contribution is -2.00. The van der Waals surface area contributed by atoms with Crippen molar-refractivity contribution < 1.29 is 9.66 Å². The highest BCUT2D eigenvalue weighted by Gasteiger charge is 2.14. The van der Waals surface area contributed by atoms with Gasteiger partial charge in [-0.2, -0.15) is 0 Å². The lowest BCUT2D eigenvalue weighted by molar-refractivity contribution is -0.385. The molecule has 0 heterocycles. The minimum absolute atomic E-state index is 0.0309. The largest absolute Gasteiger partial charge is 0.489 e. The van der Waals surface area contributed by atoms with Crippen molar-refractivity contribution in [3.8, 4) is 5.75 Å². The summed E-state index contributed by atoms with van der Waals surface area (Å²) in [6.07, 6.45) is 0. The molecule has 0 aliphatic carbocycles. The molecule has 0 radical (unpaired) electrons. The first-order valence-corrected chi connectivity index (χ1v) is 6.54. The zero-order chi connectivity index (χ0) is 13.8. The molecule has 19 heavy (non-hydrogen) atoms. The SMILES string of the molecule is O=[N+]([O-])c1cc(Br)ccc1COc1ccc(Cl)cc1. The van der Waals surface area contributed by atoms with Gasteiger partial charge in [-0.1, -0.05) is 27.5 Å². The van der Waals surface area contributed by atoms with E-state index < -0.39 is 4.92 Å².